The number of hydrogen-bond donors (Lipinski definition) is 5. The van der Waals surface area contributed by atoms with Crippen molar-refractivity contribution < 1.29 is 13.9 Å². The number of nitrogens with one attached hydrogen (secondary N) is 3. The number of nitrogens with two attached hydrogens (primary N) is 2. The molecule has 0 fully saturated rings. The molecular formula is C25H23FN6O2. The van der Waals surface area contributed by atoms with Crippen LogP contribution < -0.4 is 21.5 Å². The van der Waals surface area contributed by atoms with E-state index in [2.05, 4.69) is 15.3 Å². The number of aromatic amines is 1. The maximum Gasteiger partial charge on any atom is 0.249 e. The van der Waals surface area contributed by atoms with Gasteiger partial charge in [0, 0.05) is 22.4 Å². The van der Waals surface area contributed by atoms with Gasteiger partial charge in [-0.15, -0.1) is 0 Å². The summed E-state index contributed by atoms with van der Waals surface area (Å²) in [5, 5.41) is 10.9. The minimum absolute atomic E-state index is 0.0323. The quantitative estimate of drug-likeness (QED) is 0.202. The Bertz CT molecular complexity index is 1350. The second-order valence-corrected chi connectivity index (χ2v) is 7.55. The van der Waals surface area contributed by atoms with Gasteiger partial charge in [-0.1, -0.05) is 24.3 Å². The molecule has 4 aromatic rings. The summed E-state index contributed by atoms with van der Waals surface area (Å²) in [7, 11) is 1.40. The Kier molecular flexibility index (Phi) is 6.26. The van der Waals surface area contributed by atoms with Gasteiger partial charge < -0.3 is 26.5 Å². The smallest absolute Gasteiger partial charge is 0.249 e. The standard InChI is InChI=1S/C25H23FN6O2/c1-34-21-12-15(8-11-19(21)26)22(31-16-9-6-14(7-10-16)23(27)28)25-30-13-20(32-25)17-4-2-3-5-18(17)24(29)33/h2-13,22,31H,1H3,(H3,27,28)(H2,29,33)(H,30,32). The SMILES string of the molecule is COc1cc(C(Nc2ccc(C(=N)N)cc2)c2ncc(-c3ccccc3C(N)=O)[nH]2)ccc1F. The Balaban J connectivity index is 1.76. The van der Waals surface area contributed by atoms with Crippen molar-refractivity contribution in [3.63, 3.8) is 0 Å². The summed E-state index contributed by atoms with van der Waals surface area (Å²) in [6, 6.07) is 18.0. The fraction of sp³-hybridized carbons (Fsp3) is 0.0800. The summed E-state index contributed by atoms with van der Waals surface area (Å²) in [4.78, 5) is 19.7. The molecule has 8 nitrogen and oxygen atoms in total. The number of nitrogen functional groups attached to an aromatic ring is 1. The molecule has 1 heterocycles. The normalized spacial score (nSPS) is 11.6. The number of primary amides is 1. The van der Waals surface area contributed by atoms with Crippen LogP contribution in [0.15, 0.2) is 72.9 Å². The number of anilines is 1. The molecule has 34 heavy (non-hydrogen) atoms. The molecule has 0 saturated heterocycles. The van der Waals surface area contributed by atoms with E-state index in [1.807, 2.05) is 0 Å². The Morgan fingerprint density at radius 3 is 2.53 bits per heavy atom. The molecular weight excluding hydrogens is 435 g/mol. The number of hydrogen-bond acceptors (Lipinski definition) is 5. The van der Waals surface area contributed by atoms with E-state index in [1.165, 1.54) is 13.2 Å². The van der Waals surface area contributed by atoms with Crippen molar-refractivity contribution in [3.05, 3.63) is 101 Å². The first-order valence-corrected chi connectivity index (χ1v) is 10.4. The third kappa shape index (κ3) is 4.58. The second kappa shape index (κ2) is 9.45. The van der Waals surface area contributed by atoms with Gasteiger partial charge in [0.1, 0.15) is 17.7 Å². The van der Waals surface area contributed by atoms with E-state index in [1.54, 1.807) is 66.9 Å². The molecule has 0 radical (unpaired) electrons. The van der Waals surface area contributed by atoms with Crippen LogP contribution in [0.4, 0.5) is 10.1 Å². The number of aromatic nitrogens is 2. The molecule has 0 aliphatic carbocycles. The summed E-state index contributed by atoms with van der Waals surface area (Å²) in [5.74, 6) is -0.433. The molecule has 0 aliphatic rings. The van der Waals surface area contributed by atoms with Crippen LogP contribution in [0.3, 0.4) is 0 Å². The Hall–Kier alpha value is -4.66. The minimum atomic E-state index is -0.546. The van der Waals surface area contributed by atoms with Crippen molar-refractivity contribution in [3.8, 4) is 17.0 Å². The van der Waals surface area contributed by atoms with Gasteiger partial charge in [-0.05, 0) is 48.0 Å². The number of rotatable bonds is 8. The van der Waals surface area contributed by atoms with Crippen LogP contribution in [0, 0.1) is 11.2 Å². The lowest BCUT2D eigenvalue weighted by Crippen LogP contribution is -2.15. The molecule has 0 aliphatic heterocycles. The average Bonchev–Trinajstić information content (AvgIpc) is 3.33. The summed E-state index contributed by atoms with van der Waals surface area (Å²) >= 11 is 0. The van der Waals surface area contributed by atoms with Gasteiger partial charge in [-0.3, -0.25) is 10.2 Å². The van der Waals surface area contributed by atoms with Crippen LogP contribution >= 0.6 is 0 Å². The highest BCUT2D eigenvalue weighted by atomic mass is 19.1. The number of amides is 1. The van der Waals surface area contributed by atoms with Gasteiger partial charge >= 0.3 is 0 Å². The lowest BCUT2D eigenvalue weighted by molar-refractivity contribution is 0.100. The largest absolute Gasteiger partial charge is 0.494 e. The number of halogens is 1. The third-order valence-electron chi connectivity index (χ3n) is 5.37. The highest BCUT2D eigenvalue weighted by molar-refractivity contribution is 5.99. The zero-order valence-corrected chi connectivity index (χ0v) is 18.3. The van der Waals surface area contributed by atoms with Gasteiger partial charge in [0.05, 0.1) is 19.0 Å². The van der Waals surface area contributed by atoms with Gasteiger partial charge in [0.25, 0.3) is 0 Å². The predicted molar refractivity (Wildman–Crippen MR) is 128 cm³/mol. The highest BCUT2D eigenvalue weighted by Crippen LogP contribution is 2.31. The van der Waals surface area contributed by atoms with E-state index in [9.17, 15) is 9.18 Å². The number of nitrogens with zero attached hydrogens (tertiary/aromatic N) is 1. The summed E-state index contributed by atoms with van der Waals surface area (Å²) < 4.78 is 19.2. The molecule has 0 saturated carbocycles. The summed E-state index contributed by atoms with van der Waals surface area (Å²) in [6.45, 7) is 0. The van der Waals surface area contributed by atoms with Crippen molar-refractivity contribution in [2.24, 2.45) is 11.5 Å². The monoisotopic (exact) mass is 458 g/mol. The van der Waals surface area contributed by atoms with E-state index >= 15 is 0 Å². The van der Waals surface area contributed by atoms with Gasteiger partial charge in [0.15, 0.2) is 11.6 Å². The first-order valence-electron chi connectivity index (χ1n) is 10.4. The topological polar surface area (TPSA) is 143 Å². The first-order chi connectivity index (χ1) is 16.4. The highest BCUT2D eigenvalue weighted by Gasteiger charge is 2.21. The Morgan fingerprint density at radius 2 is 1.85 bits per heavy atom. The zero-order chi connectivity index (χ0) is 24.2. The van der Waals surface area contributed by atoms with Crippen LogP contribution in [0.5, 0.6) is 5.75 Å². The van der Waals surface area contributed by atoms with Crippen molar-refractivity contribution in [2.45, 2.75) is 6.04 Å². The fourth-order valence-corrected chi connectivity index (χ4v) is 3.63. The van der Waals surface area contributed by atoms with Gasteiger partial charge in [-0.2, -0.15) is 0 Å². The van der Waals surface area contributed by atoms with Crippen molar-refractivity contribution in [1.29, 1.82) is 5.41 Å². The Morgan fingerprint density at radius 1 is 1.12 bits per heavy atom. The number of benzene rings is 3. The fourth-order valence-electron chi connectivity index (χ4n) is 3.63. The van der Waals surface area contributed by atoms with E-state index in [4.69, 9.17) is 21.6 Å². The lowest BCUT2D eigenvalue weighted by Gasteiger charge is -2.20. The number of carbonyl (C=O) groups excluding carboxylic acids is 1. The number of amidine groups is 1. The molecule has 172 valence electrons. The Labute approximate surface area is 195 Å². The number of H-pyrrole nitrogens is 1. The van der Waals surface area contributed by atoms with Crippen LogP contribution in [0.25, 0.3) is 11.3 Å². The number of methoxy groups -OCH3 is 1. The van der Waals surface area contributed by atoms with E-state index < -0.39 is 17.8 Å². The minimum Gasteiger partial charge on any atom is -0.494 e. The van der Waals surface area contributed by atoms with Crippen molar-refractivity contribution in [1.82, 2.24) is 9.97 Å². The van der Waals surface area contributed by atoms with E-state index in [-0.39, 0.29) is 11.6 Å². The molecule has 0 spiro atoms. The molecule has 4 rings (SSSR count). The maximum atomic E-state index is 14.1. The molecule has 9 heteroatoms. The molecule has 7 N–H and O–H groups in total. The average molecular weight is 458 g/mol. The zero-order valence-electron chi connectivity index (χ0n) is 18.3. The summed E-state index contributed by atoms with van der Waals surface area (Å²) in [5.41, 5.74) is 14.7. The second-order valence-electron chi connectivity index (χ2n) is 7.55. The van der Waals surface area contributed by atoms with Gasteiger partial charge in [-0.25, -0.2) is 9.37 Å². The van der Waals surface area contributed by atoms with E-state index in [0.717, 1.165) is 5.69 Å². The van der Waals surface area contributed by atoms with Crippen LogP contribution in [0.1, 0.15) is 33.4 Å². The number of ether oxygens (including phenoxy) is 1. The summed E-state index contributed by atoms with van der Waals surface area (Å²) in [6.07, 6.45) is 1.62. The molecule has 1 amide bonds. The van der Waals surface area contributed by atoms with Crippen LogP contribution in [-0.4, -0.2) is 28.8 Å². The number of carbonyl (C=O) groups is 1. The molecule has 1 atom stereocenters. The first kappa shape index (κ1) is 22.5. The van der Waals surface area contributed by atoms with Crippen LogP contribution in [0.2, 0.25) is 0 Å². The maximum absolute atomic E-state index is 14.1. The predicted octanol–water partition coefficient (Wildman–Crippen LogP) is 3.81. The van der Waals surface area contributed by atoms with Crippen molar-refractivity contribution >= 4 is 17.4 Å². The lowest BCUT2D eigenvalue weighted by atomic mass is 10.0. The van der Waals surface area contributed by atoms with Crippen LogP contribution in [-0.2, 0) is 0 Å². The van der Waals surface area contributed by atoms with Gasteiger partial charge in [0.2, 0.25) is 5.91 Å². The number of imidazole rings is 1. The third-order valence-corrected chi connectivity index (χ3v) is 5.37. The van der Waals surface area contributed by atoms with Crippen molar-refractivity contribution in [2.75, 3.05) is 12.4 Å². The molecule has 1 unspecified atom stereocenters. The molecule has 3 aromatic carbocycles. The van der Waals surface area contributed by atoms with E-state index in [0.29, 0.717) is 33.8 Å². The molecule has 0 bridgehead atoms. The molecule has 1 aromatic heterocycles.